The Morgan fingerprint density at radius 1 is 0.773 bits per heavy atom. The monoisotopic (exact) mass is 321 g/mol. The third kappa shape index (κ3) is 7.34. The summed E-state index contributed by atoms with van der Waals surface area (Å²) in [5.74, 6) is 1.86. The van der Waals surface area contributed by atoms with Gasteiger partial charge in [-0.3, -0.25) is 0 Å². The molecule has 0 heterocycles. The molecule has 0 bridgehead atoms. The van der Waals surface area contributed by atoms with Crippen molar-refractivity contribution in [3.8, 4) is 11.5 Å². The number of para-hydroxylation sites is 1. The molecule has 2 aromatic carbocycles. The second-order valence-electron chi connectivity index (χ2n) is 4.93. The first kappa shape index (κ1) is 18.3. The summed E-state index contributed by atoms with van der Waals surface area (Å²) in [6.07, 6.45) is 0.985. The Labute approximate surface area is 139 Å². The van der Waals surface area contributed by atoms with Crippen molar-refractivity contribution < 1.29 is 9.47 Å². The Kier molecular flexibility index (Phi) is 9.12. The van der Waals surface area contributed by atoms with Crippen LogP contribution >= 0.6 is 12.4 Å². The fourth-order valence-corrected chi connectivity index (χ4v) is 1.90. The van der Waals surface area contributed by atoms with E-state index in [0.29, 0.717) is 6.61 Å². The van der Waals surface area contributed by atoms with Gasteiger partial charge in [0.05, 0.1) is 6.61 Å². The Balaban J connectivity index is 0.00000242. The smallest absolute Gasteiger partial charge is 0.119 e. The summed E-state index contributed by atoms with van der Waals surface area (Å²) in [6, 6.07) is 18.0. The van der Waals surface area contributed by atoms with Crippen molar-refractivity contribution >= 4 is 12.4 Å². The van der Waals surface area contributed by atoms with Crippen molar-refractivity contribution in [2.45, 2.75) is 13.3 Å². The zero-order valence-electron chi connectivity index (χ0n) is 13.0. The summed E-state index contributed by atoms with van der Waals surface area (Å²) in [5, 5.41) is 3.35. The lowest BCUT2D eigenvalue weighted by atomic mass is 10.2. The summed E-state index contributed by atoms with van der Waals surface area (Å²) in [5.41, 5.74) is 1.25. The molecule has 0 amide bonds. The predicted molar refractivity (Wildman–Crippen MR) is 93.3 cm³/mol. The number of ether oxygens (including phenoxy) is 2. The molecule has 0 atom stereocenters. The third-order valence-electron chi connectivity index (χ3n) is 3.08. The van der Waals surface area contributed by atoms with E-state index in [-0.39, 0.29) is 12.4 Å². The number of halogens is 1. The van der Waals surface area contributed by atoms with Gasteiger partial charge < -0.3 is 14.8 Å². The van der Waals surface area contributed by atoms with Crippen LogP contribution in [0.2, 0.25) is 0 Å². The molecule has 0 aliphatic heterocycles. The van der Waals surface area contributed by atoms with Gasteiger partial charge in [0.2, 0.25) is 0 Å². The number of rotatable bonds is 9. The maximum absolute atomic E-state index is 5.67. The molecule has 0 radical (unpaired) electrons. The maximum atomic E-state index is 5.67. The molecular formula is C18H24ClNO2. The lowest BCUT2D eigenvalue weighted by Crippen LogP contribution is -2.23. The molecule has 0 unspecified atom stereocenters. The van der Waals surface area contributed by atoms with E-state index in [0.717, 1.165) is 37.6 Å². The summed E-state index contributed by atoms with van der Waals surface area (Å²) in [4.78, 5) is 0. The Hall–Kier alpha value is -1.71. The molecule has 22 heavy (non-hydrogen) atoms. The summed E-state index contributed by atoms with van der Waals surface area (Å²) < 4.78 is 11.3. The van der Waals surface area contributed by atoms with Gasteiger partial charge in [0.15, 0.2) is 0 Å². The minimum atomic E-state index is 0. The molecule has 0 aliphatic rings. The van der Waals surface area contributed by atoms with Gasteiger partial charge in [0.1, 0.15) is 18.1 Å². The highest BCUT2D eigenvalue weighted by atomic mass is 35.5. The van der Waals surface area contributed by atoms with Gasteiger partial charge in [0.25, 0.3) is 0 Å². The van der Waals surface area contributed by atoms with Crippen LogP contribution in [0.4, 0.5) is 0 Å². The lowest BCUT2D eigenvalue weighted by molar-refractivity contribution is 0.294. The van der Waals surface area contributed by atoms with E-state index < -0.39 is 0 Å². The van der Waals surface area contributed by atoms with E-state index in [1.807, 2.05) is 42.5 Å². The van der Waals surface area contributed by atoms with E-state index >= 15 is 0 Å². The molecule has 2 rings (SSSR count). The zero-order chi connectivity index (χ0) is 14.8. The first-order valence-electron chi connectivity index (χ1n) is 7.42. The van der Waals surface area contributed by atoms with Gasteiger partial charge in [-0.2, -0.15) is 0 Å². The van der Waals surface area contributed by atoms with Crippen molar-refractivity contribution in [1.29, 1.82) is 0 Å². The lowest BCUT2D eigenvalue weighted by Gasteiger charge is -2.08. The Morgan fingerprint density at radius 3 is 2.14 bits per heavy atom. The molecule has 0 aromatic heterocycles. The fraction of sp³-hybridized carbons (Fsp3) is 0.333. The molecule has 0 fully saturated rings. The van der Waals surface area contributed by atoms with Crippen LogP contribution in [0.15, 0.2) is 54.6 Å². The summed E-state index contributed by atoms with van der Waals surface area (Å²) in [6.45, 7) is 5.27. The number of aryl methyl sites for hydroxylation is 1. The average Bonchev–Trinajstić information content (AvgIpc) is 2.53. The normalized spacial score (nSPS) is 9.86. The highest BCUT2D eigenvalue weighted by Gasteiger charge is 1.94. The topological polar surface area (TPSA) is 30.5 Å². The largest absolute Gasteiger partial charge is 0.494 e. The number of hydrogen-bond acceptors (Lipinski definition) is 3. The third-order valence-corrected chi connectivity index (χ3v) is 3.08. The Morgan fingerprint density at radius 2 is 1.41 bits per heavy atom. The molecule has 0 saturated heterocycles. The standard InChI is InChI=1S/C18H23NO2.ClH/c1-16-8-10-18(11-9-16)20-14-5-12-19-13-15-21-17-6-3-2-4-7-17;/h2-4,6-11,19H,5,12-15H2,1H3;1H. The number of nitrogens with one attached hydrogen (secondary N) is 1. The van der Waals surface area contributed by atoms with Crippen LogP contribution in [-0.2, 0) is 0 Å². The highest BCUT2D eigenvalue weighted by Crippen LogP contribution is 2.11. The SMILES string of the molecule is Cc1ccc(OCCCNCCOc2ccccc2)cc1.Cl. The maximum Gasteiger partial charge on any atom is 0.119 e. The molecule has 3 nitrogen and oxygen atoms in total. The van der Waals surface area contributed by atoms with Crippen molar-refractivity contribution in [3.05, 3.63) is 60.2 Å². The van der Waals surface area contributed by atoms with Crippen LogP contribution in [0, 0.1) is 6.92 Å². The van der Waals surface area contributed by atoms with Crippen LogP contribution in [0.3, 0.4) is 0 Å². The molecule has 2 aromatic rings. The molecule has 120 valence electrons. The number of hydrogen-bond donors (Lipinski definition) is 1. The van der Waals surface area contributed by atoms with Crippen LogP contribution in [-0.4, -0.2) is 26.3 Å². The van der Waals surface area contributed by atoms with Crippen molar-refractivity contribution in [3.63, 3.8) is 0 Å². The van der Waals surface area contributed by atoms with E-state index in [1.165, 1.54) is 5.56 Å². The second kappa shape index (κ2) is 10.9. The van der Waals surface area contributed by atoms with Gasteiger partial charge in [-0.15, -0.1) is 12.4 Å². The van der Waals surface area contributed by atoms with Crippen molar-refractivity contribution in [2.75, 3.05) is 26.3 Å². The van der Waals surface area contributed by atoms with Gasteiger partial charge in [-0.1, -0.05) is 35.9 Å². The first-order chi connectivity index (χ1) is 10.3. The van der Waals surface area contributed by atoms with Gasteiger partial charge in [-0.05, 0) is 44.2 Å². The molecule has 0 saturated carbocycles. The summed E-state index contributed by atoms with van der Waals surface area (Å²) in [7, 11) is 0. The van der Waals surface area contributed by atoms with E-state index in [4.69, 9.17) is 9.47 Å². The zero-order valence-corrected chi connectivity index (χ0v) is 13.8. The Bertz CT molecular complexity index is 502. The van der Waals surface area contributed by atoms with Gasteiger partial charge in [0, 0.05) is 6.54 Å². The van der Waals surface area contributed by atoms with Crippen molar-refractivity contribution in [1.82, 2.24) is 5.32 Å². The molecule has 1 N–H and O–H groups in total. The van der Waals surface area contributed by atoms with Crippen LogP contribution in [0.1, 0.15) is 12.0 Å². The minimum Gasteiger partial charge on any atom is -0.494 e. The molecule has 4 heteroatoms. The van der Waals surface area contributed by atoms with E-state index in [2.05, 4.69) is 24.4 Å². The first-order valence-corrected chi connectivity index (χ1v) is 7.42. The van der Waals surface area contributed by atoms with E-state index in [9.17, 15) is 0 Å². The molecular weight excluding hydrogens is 298 g/mol. The quantitative estimate of drug-likeness (QED) is 0.711. The average molecular weight is 322 g/mol. The van der Waals surface area contributed by atoms with E-state index in [1.54, 1.807) is 0 Å². The molecule has 0 aliphatic carbocycles. The van der Waals surface area contributed by atoms with Gasteiger partial charge >= 0.3 is 0 Å². The van der Waals surface area contributed by atoms with Crippen LogP contribution < -0.4 is 14.8 Å². The minimum absolute atomic E-state index is 0. The molecule has 0 spiro atoms. The van der Waals surface area contributed by atoms with Gasteiger partial charge in [-0.25, -0.2) is 0 Å². The summed E-state index contributed by atoms with van der Waals surface area (Å²) >= 11 is 0. The van der Waals surface area contributed by atoms with Crippen molar-refractivity contribution in [2.24, 2.45) is 0 Å². The highest BCUT2D eigenvalue weighted by molar-refractivity contribution is 5.85. The second-order valence-corrected chi connectivity index (χ2v) is 4.93. The number of benzene rings is 2. The van der Waals surface area contributed by atoms with Crippen LogP contribution in [0.5, 0.6) is 11.5 Å². The van der Waals surface area contributed by atoms with Crippen LogP contribution in [0.25, 0.3) is 0 Å². The predicted octanol–water partition coefficient (Wildman–Crippen LogP) is 3.85. The fourth-order valence-electron chi connectivity index (χ4n) is 1.90.